The first-order valence-corrected chi connectivity index (χ1v) is 7.00. The van der Waals surface area contributed by atoms with Crippen molar-refractivity contribution in [3.63, 3.8) is 0 Å². The minimum Gasteiger partial charge on any atom is -0.776 e. The molecule has 0 heterocycles. The van der Waals surface area contributed by atoms with Crippen LogP contribution >= 0.6 is 28.6 Å². The van der Waals surface area contributed by atoms with Gasteiger partial charge in [-0.15, -0.1) is 0 Å². The van der Waals surface area contributed by atoms with E-state index in [-0.39, 0.29) is 0 Å². The van der Waals surface area contributed by atoms with Crippen molar-refractivity contribution in [3.8, 4) is 0 Å². The van der Waals surface area contributed by atoms with Gasteiger partial charge in [0, 0.05) is 5.53 Å². The van der Waals surface area contributed by atoms with Crippen molar-refractivity contribution < 1.29 is 14.0 Å². The van der Waals surface area contributed by atoms with E-state index in [1.54, 1.807) is 9.48 Å². The zero-order valence-corrected chi connectivity index (χ0v) is 11.2. The molecule has 0 atom stereocenters. The summed E-state index contributed by atoms with van der Waals surface area (Å²) in [6.07, 6.45) is -3.94. The van der Waals surface area contributed by atoms with E-state index in [2.05, 4.69) is 32.5 Å². The summed E-state index contributed by atoms with van der Waals surface area (Å²) in [5.41, 5.74) is 8.12. The Balaban J connectivity index is 0. The van der Waals surface area contributed by atoms with E-state index in [1.807, 2.05) is 28.2 Å². The van der Waals surface area contributed by atoms with Gasteiger partial charge >= 0.3 is 11.1 Å². The van der Waals surface area contributed by atoms with Crippen LogP contribution in [0, 0.1) is 0 Å². The van der Waals surface area contributed by atoms with Gasteiger partial charge in [0.1, 0.15) is 0 Å². The van der Waals surface area contributed by atoms with Crippen LogP contribution in [0.4, 0.5) is 0 Å². The topological polar surface area (TPSA) is 95.1 Å². The SMILES string of the molecule is CN(C)C(N=[N+]=[N-])=[N+](C)C.O=P([O-])(Cl)Cl. The first kappa shape index (κ1) is 17.0. The third-order valence-electron chi connectivity index (χ3n) is 0.934. The Kier molecular flexibility index (Phi) is 8.81. The molecule has 15 heavy (non-hydrogen) atoms. The summed E-state index contributed by atoms with van der Waals surface area (Å²) in [7, 11) is 7.29. The van der Waals surface area contributed by atoms with Gasteiger partial charge in [-0.25, -0.2) is 0 Å². The van der Waals surface area contributed by atoms with Crippen LogP contribution in [0.5, 0.6) is 0 Å². The molecule has 0 spiro atoms. The van der Waals surface area contributed by atoms with Crippen LogP contribution in [0.2, 0.25) is 0 Å². The van der Waals surface area contributed by atoms with Crippen LogP contribution in [0.15, 0.2) is 5.11 Å². The van der Waals surface area contributed by atoms with Gasteiger partial charge in [-0.2, -0.15) is 0 Å². The molecule has 0 aliphatic rings. The molecular formula is C5H12Cl2N5O2P. The molecular weight excluding hydrogens is 264 g/mol. The maximum atomic E-state index is 9.19. The lowest BCUT2D eigenvalue weighted by molar-refractivity contribution is -0.470. The van der Waals surface area contributed by atoms with Crippen molar-refractivity contribution >= 4 is 34.5 Å². The molecule has 0 saturated carbocycles. The summed E-state index contributed by atoms with van der Waals surface area (Å²) in [6, 6.07) is 0. The highest BCUT2D eigenvalue weighted by Gasteiger charge is 2.16. The second-order valence-corrected chi connectivity index (χ2v) is 6.71. The zero-order valence-electron chi connectivity index (χ0n) is 8.76. The van der Waals surface area contributed by atoms with E-state index in [4.69, 9.17) is 5.53 Å². The molecule has 0 aromatic rings. The molecule has 0 radical (unpaired) electrons. The van der Waals surface area contributed by atoms with E-state index in [9.17, 15) is 9.46 Å². The van der Waals surface area contributed by atoms with Crippen molar-refractivity contribution in [1.29, 1.82) is 0 Å². The van der Waals surface area contributed by atoms with Gasteiger partial charge in [0.15, 0.2) is 6.07 Å². The van der Waals surface area contributed by atoms with Crippen LogP contribution in [0.1, 0.15) is 0 Å². The Morgan fingerprint density at radius 1 is 1.53 bits per heavy atom. The molecule has 0 unspecified atom stereocenters. The van der Waals surface area contributed by atoms with Crippen LogP contribution in [-0.2, 0) is 4.57 Å². The lowest BCUT2D eigenvalue weighted by atomic mass is 10.8. The molecule has 0 N–H and O–H groups in total. The standard InChI is InChI=1S/C5H12N5.Cl2HO2P/c1-9(2)5(7-8-6)10(3)4;1-5(2,3)4/h1-4H3;(H,3,4)/q+1;/p-1. The Bertz CT molecular complexity index is 307. The number of hydrogen-bond donors (Lipinski definition) is 0. The fraction of sp³-hybridized carbons (Fsp3) is 0.800. The van der Waals surface area contributed by atoms with E-state index in [0.29, 0.717) is 5.96 Å². The molecule has 0 bridgehead atoms. The fourth-order valence-corrected chi connectivity index (χ4v) is 0.619. The average molecular weight is 276 g/mol. The smallest absolute Gasteiger partial charge is 0.475 e. The van der Waals surface area contributed by atoms with Crippen molar-refractivity contribution in [2.45, 2.75) is 0 Å². The Morgan fingerprint density at radius 3 is 1.93 bits per heavy atom. The molecule has 0 aromatic carbocycles. The van der Waals surface area contributed by atoms with Crippen molar-refractivity contribution in [3.05, 3.63) is 10.4 Å². The van der Waals surface area contributed by atoms with Gasteiger partial charge in [0.05, 0.1) is 28.2 Å². The van der Waals surface area contributed by atoms with Gasteiger partial charge in [0.25, 0.3) is 0 Å². The predicted molar refractivity (Wildman–Crippen MR) is 59.3 cm³/mol. The van der Waals surface area contributed by atoms with Crippen molar-refractivity contribution in [2.24, 2.45) is 5.11 Å². The van der Waals surface area contributed by atoms with E-state index < -0.39 is 6.07 Å². The highest BCUT2D eigenvalue weighted by atomic mass is 35.9. The normalized spacial score (nSPS) is 9.27. The van der Waals surface area contributed by atoms with E-state index in [1.165, 1.54) is 0 Å². The van der Waals surface area contributed by atoms with Crippen LogP contribution in [-0.4, -0.2) is 43.6 Å². The van der Waals surface area contributed by atoms with E-state index >= 15 is 0 Å². The summed E-state index contributed by atoms with van der Waals surface area (Å²) in [4.78, 5) is 13.6. The molecule has 0 aromatic heterocycles. The fourth-order valence-electron chi connectivity index (χ4n) is 0.619. The number of nitrogens with zero attached hydrogens (tertiary/aromatic N) is 5. The molecule has 0 amide bonds. The molecule has 0 fully saturated rings. The molecule has 0 aliphatic heterocycles. The Morgan fingerprint density at radius 2 is 1.87 bits per heavy atom. The average Bonchev–Trinajstić information content (AvgIpc) is 1.95. The van der Waals surface area contributed by atoms with E-state index in [0.717, 1.165) is 0 Å². The third kappa shape index (κ3) is 16.2. The number of halogens is 2. The first-order chi connectivity index (χ1) is 6.59. The molecule has 7 nitrogen and oxygen atoms in total. The minimum atomic E-state index is -3.94. The summed E-state index contributed by atoms with van der Waals surface area (Å²) in [5, 5.41) is 3.47. The van der Waals surface area contributed by atoms with Gasteiger partial charge in [-0.3, -0.25) is 9.48 Å². The monoisotopic (exact) mass is 275 g/mol. The summed E-state index contributed by atoms with van der Waals surface area (Å²) in [5.74, 6) is 0.600. The second kappa shape index (κ2) is 7.79. The molecule has 88 valence electrons. The molecule has 0 rings (SSSR count). The maximum absolute atomic E-state index is 9.19. The predicted octanol–water partition coefficient (Wildman–Crippen LogP) is 1.42. The minimum absolute atomic E-state index is 0.600. The lowest BCUT2D eigenvalue weighted by Gasteiger charge is -1.99. The van der Waals surface area contributed by atoms with Crippen LogP contribution in [0.25, 0.3) is 10.4 Å². The van der Waals surface area contributed by atoms with Crippen molar-refractivity contribution in [2.75, 3.05) is 28.2 Å². The van der Waals surface area contributed by atoms with Crippen LogP contribution in [0.3, 0.4) is 0 Å². The van der Waals surface area contributed by atoms with Gasteiger partial charge in [-0.1, -0.05) is 22.5 Å². The Labute approximate surface area is 97.6 Å². The number of rotatable bonds is 0. The Hall–Kier alpha value is -0.450. The largest absolute Gasteiger partial charge is 0.776 e. The van der Waals surface area contributed by atoms with Crippen molar-refractivity contribution in [1.82, 2.24) is 4.90 Å². The number of azide groups is 1. The molecule has 10 heteroatoms. The highest BCUT2D eigenvalue weighted by molar-refractivity contribution is 8.03. The summed E-state index contributed by atoms with van der Waals surface area (Å²) in [6.45, 7) is 0. The highest BCUT2D eigenvalue weighted by Crippen LogP contribution is 2.46. The quantitative estimate of drug-likeness (QED) is 0.127. The first-order valence-electron chi connectivity index (χ1n) is 3.56. The molecule has 0 aliphatic carbocycles. The molecule has 0 saturated heterocycles. The van der Waals surface area contributed by atoms with Gasteiger partial charge < -0.3 is 9.46 Å². The maximum Gasteiger partial charge on any atom is 0.475 e. The lowest BCUT2D eigenvalue weighted by Crippen LogP contribution is -2.27. The zero-order chi connectivity index (χ0) is 12.6. The number of guanidine groups is 1. The van der Waals surface area contributed by atoms with Gasteiger partial charge in [-0.05, 0) is 0 Å². The van der Waals surface area contributed by atoms with Gasteiger partial charge in [0.2, 0.25) is 4.91 Å². The number of hydrogen-bond acceptors (Lipinski definition) is 2. The third-order valence-corrected chi connectivity index (χ3v) is 0.934. The summed E-state index contributed by atoms with van der Waals surface area (Å²) >= 11 is 8.59. The second-order valence-electron chi connectivity index (χ2n) is 2.69. The van der Waals surface area contributed by atoms with Crippen LogP contribution < -0.4 is 4.89 Å². The summed E-state index contributed by atoms with van der Waals surface area (Å²) < 4.78 is 10.9.